The molecule has 2 heteroatoms. The summed E-state index contributed by atoms with van der Waals surface area (Å²) < 4.78 is 11.6. The van der Waals surface area contributed by atoms with Gasteiger partial charge in [0.05, 0.1) is 12.2 Å². The lowest BCUT2D eigenvalue weighted by atomic mass is 9.80. The molecule has 1 aromatic rings. The number of rotatable bonds is 3. The van der Waals surface area contributed by atoms with Gasteiger partial charge in [-0.15, -0.1) is 0 Å². The Labute approximate surface area is 114 Å². The standard InChI is InChI=1S/C17H20O2/c1-18-17(12-11-14-7-3-2-4-8-14)16-10-6-5-9-15(16)13-19-17/h2-4,7-8,11-13,16H,5-6,9-10H2,1H3/b12-11+/t16-,17+/m0/s1. The third kappa shape index (κ3) is 2.33. The zero-order chi connectivity index (χ0) is 13.1. The first-order valence-electron chi connectivity index (χ1n) is 7.00. The van der Waals surface area contributed by atoms with E-state index in [0.29, 0.717) is 5.92 Å². The Balaban J connectivity index is 1.83. The molecular formula is C17H20O2. The van der Waals surface area contributed by atoms with Gasteiger partial charge in [0.1, 0.15) is 0 Å². The van der Waals surface area contributed by atoms with Crippen molar-refractivity contribution in [3.8, 4) is 0 Å². The minimum Gasteiger partial charge on any atom is -0.466 e. The van der Waals surface area contributed by atoms with Gasteiger partial charge in [-0.1, -0.05) is 42.8 Å². The first kappa shape index (κ1) is 12.5. The molecule has 2 atom stereocenters. The zero-order valence-electron chi connectivity index (χ0n) is 11.3. The number of benzene rings is 1. The zero-order valence-corrected chi connectivity index (χ0v) is 11.3. The highest BCUT2D eigenvalue weighted by Crippen LogP contribution is 2.45. The Hall–Kier alpha value is -1.54. The first-order valence-corrected chi connectivity index (χ1v) is 7.00. The van der Waals surface area contributed by atoms with E-state index in [-0.39, 0.29) is 0 Å². The third-order valence-corrected chi connectivity index (χ3v) is 4.16. The molecule has 19 heavy (non-hydrogen) atoms. The second kappa shape index (κ2) is 5.22. The lowest BCUT2D eigenvalue weighted by Crippen LogP contribution is -2.37. The molecule has 1 aliphatic heterocycles. The summed E-state index contributed by atoms with van der Waals surface area (Å²) in [4.78, 5) is 0. The third-order valence-electron chi connectivity index (χ3n) is 4.16. The second-order valence-corrected chi connectivity index (χ2v) is 5.28. The number of hydrogen-bond acceptors (Lipinski definition) is 2. The van der Waals surface area contributed by atoms with Crippen LogP contribution in [-0.2, 0) is 9.47 Å². The summed E-state index contributed by atoms with van der Waals surface area (Å²) in [6.45, 7) is 0. The second-order valence-electron chi connectivity index (χ2n) is 5.28. The molecule has 0 saturated heterocycles. The quantitative estimate of drug-likeness (QED) is 0.809. The van der Waals surface area contributed by atoms with Gasteiger partial charge in [-0.05, 0) is 36.5 Å². The molecule has 0 bridgehead atoms. The van der Waals surface area contributed by atoms with Crippen LogP contribution in [0.1, 0.15) is 31.2 Å². The van der Waals surface area contributed by atoms with Crippen molar-refractivity contribution >= 4 is 6.08 Å². The van der Waals surface area contributed by atoms with Crippen molar-refractivity contribution in [2.45, 2.75) is 31.5 Å². The Morgan fingerprint density at radius 2 is 2.11 bits per heavy atom. The molecule has 1 fully saturated rings. The summed E-state index contributed by atoms with van der Waals surface area (Å²) in [5.41, 5.74) is 2.58. The van der Waals surface area contributed by atoms with E-state index < -0.39 is 5.79 Å². The van der Waals surface area contributed by atoms with E-state index in [1.165, 1.54) is 24.0 Å². The van der Waals surface area contributed by atoms with Crippen molar-refractivity contribution in [1.82, 2.24) is 0 Å². The van der Waals surface area contributed by atoms with Crippen molar-refractivity contribution in [2.24, 2.45) is 5.92 Å². The van der Waals surface area contributed by atoms with E-state index in [0.717, 1.165) is 12.8 Å². The summed E-state index contributed by atoms with van der Waals surface area (Å²) >= 11 is 0. The molecule has 1 aliphatic carbocycles. The maximum atomic E-state index is 5.89. The van der Waals surface area contributed by atoms with Gasteiger partial charge >= 0.3 is 0 Å². The molecular weight excluding hydrogens is 236 g/mol. The lowest BCUT2D eigenvalue weighted by molar-refractivity contribution is -0.166. The van der Waals surface area contributed by atoms with Crippen LogP contribution in [0.2, 0.25) is 0 Å². The Kier molecular flexibility index (Phi) is 3.43. The maximum Gasteiger partial charge on any atom is 0.236 e. The highest BCUT2D eigenvalue weighted by atomic mass is 16.7. The summed E-state index contributed by atoms with van der Waals surface area (Å²) in [7, 11) is 1.74. The molecule has 0 radical (unpaired) electrons. The van der Waals surface area contributed by atoms with Gasteiger partial charge in [0.2, 0.25) is 5.79 Å². The molecule has 1 aromatic carbocycles. The van der Waals surface area contributed by atoms with Crippen molar-refractivity contribution in [2.75, 3.05) is 7.11 Å². The van der Waals surface area contributed by atoms with E-state index in [1.807, 2.05) is 24.5 Å². The molecule has 0 amide bonds. The highest BCUT2D eigenvalue weighted by Gasteiger charge is 2.45. The maximum absolute atomic E-state index is 5.89. The van der Waals surface area contributed by atoms with Gasteiger partial charge in [0, 0.05) is 7.11 Å². The average molecular weight is 256 g/mol. The van der Waals surface area contributed by atoms with Crippen LogP contribution in [0.15, 0.2) is 48.2 Å². The van der Waals surface area contributed by atoms with Crippen molar-refractivity contribution in [3.63, 3.8) is 0 Å². The Morgan fingerprint density at radius 1 is 1.26 bits per heavy atom. The largest absolute Gasteiger partial charge is 0.466 e. The minimum absolute atomic E-state index is 0.381. The number of hydrogen-bond donors (Lipinski definition) is 0. The monoisotopic (exact) mass is 256 g/mol. The molecule has 2 aliphatic rings. The Bertz CT molecular complexity index is 489. The molecule has 1 saturated carbocycles. The smallest absolute Gasteiger partial charge is 0.236 e. The molecule has 0 aromatic heterocycles. The van der Waals surface area contributed by atoms with Crippen LogP contribution in [0.3, 0.4) is 0 Å². The van der Waals surface area contributed by atoms with Gasteiger partial charge in [0.25, 0.3) is 0 Å². The van der Waals surface area contributed by atoms with E-state index in [4.69, 9.17) is 9.47 Å². The van der Waals surface area contributed by atoms with Crippen molar-refractivity contribution in [1.29, 1.82) is 0 Å². The lowest BCUT2D eigenvalue weighted by Gasteiger charge is -2.33. The Morgan fingerprint density at radius 3 is 2.89 bits per heavy atom. The van der Waals surface area contributed by atoms with E-state index in [1.54, 1.807) is 7.11 Å². The van der Waals surface area contributed by atoms with Gasteiger partial charge < -0.3 is 9.47 Å². The summed E-state index contributed by atoms with van der Waals surface area (Å²) in [6, 6.07) is 10.3. The van der Waals surface area contributed by atoms with Crippen LogP contribution in [-0.4, -0.2) is 12.9 Å². The summed E-state index contributed by atoms with van der Waals surface area (Å²) in [5.74, 6) is -0.211. The van der Waals surface area contributed by atoms with Crippen LogP contribution >= 0.6 is 0 Å². The van der Waals surface area contributed by atoms with Crippen LogP contribution in [0, 0.1) is 5.92 Å². The minimum atomic E-state index is -0.592. The average Bonchev–Trinajstić information content (AvgIpc) is 2.86. The molecule has 0 spiro atoms. The highest BCUT2D eigenvalue weighted by molar-refractivity contribution is 5.50. The van der Waals surface area contributed by atoms with Crippen LogP contribution in [0.5, 0.6) is 0 Å². The molecule has 0 N–H and O–H groups in total. The predicted molar refractivity (Wildman–Crippen MR) is 76.3 cm³/mol. The van der Waals surface area contributed by atoms with E-state index in [9.17, 15) is 0 Å². The summed E-state index contributed by atoms with van der Waals surface area (Å²) in [6.07, 6.45) is 10.9. The van der Waals surface area contributed by atoms with Gasteiger partial charge in [-0.25, -0.2) is 0 Å². The van der Waals surface area contributed by atoms with Crippen molar-refractivity contribution in [3.05, 3.63) is 53.8 Å². The molecule has 2 nitrogen and oxygen atoms in total. The predicted octanol–water partition coefficient (Wildman–Crippen LogP) is 4.15. The van der Waals surface area contributed by atoms with Gasteiger partial charge in [-0.3, -0.25) is 0 Å². The number of ether oxygens (including phenoxy) is 2. The topological polar surface area (TPSA) is 18.5 Å². The van der Waals surface area contributed by atoms with Gasteiger partial charge in [0.15, 0.2) is 0 Å². The molecule has 0 unspecified atom stereocenters. The van der Waals surface area contributed by atoms with Gasteiger partial charge in [-0.2, -0.15) is 0 Å². The van der Waals surface area contributed by atoms with Crippen LogP contribution in [0.4, 0.5) is 0 Å². The molecule has 1 heterocycles. The fourth-order valence-electron chi connectivity index (χ4n) is 3.08. The normalized spacial score (nSPS) is 29.9. The van der Waals surface area contributed by atoms with E-state index in [2.05, 4.69) is 24.3 Å². The fourth-order valence-corrected chi connectivity index (χ4v) is 3.08. The summed E-state index contributed by atoms with van der Waals surface area (Å²) in [5, 5.41) is 0. The van der Waals surface area contributed by atoms with Crippen molar-refractivity contribution < 1.29 is 9.47 Å². The fraction of sp³-hybridized carbons (Fsp3) is 0.412. The van der Waals surface area contributed by atoms with Crippen LogP contribution in [0.25, 0.3) is 6.08 Å². The number of methoxy groups -OCH3 is 1. The van der Waals surface area contributed by atoms with E-state index >= 15 is 0 Å². The number of fused-ring (bicyclic) bond motifs is 1. The first-order chi connectivity index (χ1) is 9.34. The molecule has 100 valence electrons. The van der Waals surface area contributed by atoms with Crippen LogP contribution < -0.4 is 0 Å². The SMILES string of the molecule is CO[C@]1(/C=C/c2ccccc2)OC=C2CCCC[C@@H]21. The molecule has 3 rings (SSSR count).